The van der Waals surface area contributed by atoms with Crippen molar-refractivity contribution in [2.75, 3.05) is 19.6 Å². The van der Waals surface area contributed by atoms with Gasteiger partial charge in [0, 0.05) is 17.2 Å². The zero-order valence-corrected chi connectivity index (χ0v) is 17.7. The largest absolute Gasteiger partial charge is 0.301 e. The van der Waals surface area contributed by atoms with E-state index in [1.807, 2.05) is 66.7 Å². The topological polar surface area (TPSA) is 32.3 Å². The highest BCUT2D eigenvalue weighted by Crippen LogP contribution is 2.42. The van der Waals surface area contributed by atoms with Crippen LogP contribution >= 0.6 is 7.29 Å². The first kappa shape index (κ1) is 20.1. The molecular weight excluding hydrogens is 375 g/mol. The fourth-order valence-corrected chi connectivity index (χ4v) is 6.55. The van der Waals surface area contributed by atoms with Crippen molar-refractivity contribution in [2.24, 2.45) is 0 Å². The number of rotatable bonds is 7. The summed E-state index contributed by atoms with van der Waals surface area (Å²) in [5.74, 6) is 0. The predicted molar refractivity (Wildman–Crippen MR) is 122 cm³/mol. The summed E-state index contributed by atoms with van der Waals surface area (Å²) < 4.78 is 14.5. The predicted octanol–water partition coefficient (Wildman–Crippen LogP) is 4.73. The van der Waals surface area contributed by atoms with Crippen molar-refractivity contribution in [2.45, 2.75) is 25.3 Å². The van der Waals surface area contributed by atoms with Gasteiger partial charge in [-0.2, -0.15) is 0 Å². The first-order valence-electron chi connectivity index (χ1n) is 10.5. The number of piperidine rings is 1. The smallest absolute Gasteiger partial charge is 0.205 e. The Labute approximate surface area is 174 Å². The fraction of sp³-hybridized carbons (Fsp3) is 0.280. The molecule has 4 heteroatoms. The lowest BCUT2D eigenvalue weighted by molar-refractivity contribution is 0.212. The van der Waals surface area contributed by atoms with Crippen LogP contribution in [0.4, 0.5) is 0 Å². The van der Waals surface area contributed by atoms with Crippen molar-refractivity contribution in [3.8, 4) is 0 Å². The second-order valence-electron chi connectivity index (χ2n) is 7.73. The lowest BCUT2D eigenvalue weighted by atomic mass is 10.1. The van der Waals surface area contributed by atoms with Crippen LogP contribution in [-0.2, 0) is 4.57 Å². The summed E-state index contributed by atoms with van der Waals surface area (Å²) in [6.07, 6.45) is 3.81. The molecular formula is C25H29N2OP. The van der Waals surface area contributed by atoms with Crippen LogP contribution in [0.15, 0.2) is 91.0 Å². The summed E-state index contributed by atoms with van der Waals surface area (Å²) in [6.45, 7) is 3.10. The maximum Gasteiger partial charge on any atom is 0.205 e. The Morgan fingerprint density at radius 1 is 0.724 bits per heavy atom. The molecule has 1 N–H and O–H groups in total. The van der Waals surface area contributed by atoms with E-state index in [0.29, 0.717) is 0 Å². The van der Waals surface area contributed by atoms with E-state index in [1.165, 1.54) is 24.8 Å². The fourth-order valence-electron chi connectivity index (χ4n) is 4.10. The molecule has 1 aliphatic heterocycles. The van der Waals surface area contributed by atoms with Gasteiger partial charge in [-0.15, -0.1) is 0 Å². The molecule has 3 aromatic rings. The van der Waals surface area contributed by atoms with E-state index < -0.39 is 7.29 Å². The number of nitrogens with one attached hydrogen (secondary N) is 1. The van der Waals surface area contributed by atoms with Gasteiger partial charge in [0.05, 0.1) is 6.04 Å². The normalized spacial score (nSPS) is 16.4. The van der Waals surface area contributed by atoms with Crippen molar-refractivity contribution in [3.05, 3.63) is 96.6 Å². The Balaban J connectivity index is 1.71. The molecule has 4 rings (SSSR count). The quantitative estimate of drug-likeness (QED) is 0.578. The van der Waals surface area contributed by atoms with Crippen LogP contribution in [0.2, 0.25) is 0 Å². The molecule has 0 aromatic heterocycles. The van der Waals surface area contributed by atoms with Gasteiger partial charge in [0.1, 0.15) is 0 Å². The Bertz CT molecular complexity index is 881. The highest BCUT2D eigenvalue weighted by molar-refractivity contribution is 7.76. The second kappa shape index (κ2) is 9.54. The van der Waals surface area contributed by atoms with E-state index in [2.05, 4.69) is 34.3 Å². The number of hydrogen-bond donors (Lipinski definition) is 1. The third kappa shape index (κ3) is 4.87. The van der Waals surface area contributed by atoms with Gasteiger partial charge < -0.3 is 4.90 Å². The van der Waals surface area contributed by atoms with Gasteiger partial charge in [-0.25, -0.2) is 0 Å². The second-order valence-corrected chi connectivity index (χ2v) is 10.2. The highest BCUT2D eigenvalue weighted by atomic mass is 31.2. The molecule has 1 fully saturated rings. The number of hydrogen-bond acceptors (Lipinski definition) is 2. The molecule has 1 aliphatic rings. The highest BCUT2D eigenvalue weighted by Gasteiger charge is 2.31. The third-order valence-electron chi connectivity index (χ3n) is 5.67. The van der Waals surface area contributed by atoms with Gasteiger partial charge in [-0.3, -0.25) is 9.65 Å². The first-order valence-corrected chi connectivity index (χ1v) is 12.2. The van der Waals surface area contributed by atoms with Crippen molar-refractivity contribution in [1.82, 2.24) is 9.99 Å². The van der Waals surface area contributed by atoms with Crippen molar-refractivity contribution in [1.29, 1.82) is 0 Å². The first-order chi connectivity index (χ1) is 14.3. The van der Waals surface area contributed by atoms with Gasteiger partial charge in [0.25, 0.3) is 0 Å². The molecule has 0 spiro atoms. The molecule has 29 heavy (non-hydrogen) atoms. The monoisotopic (exact) mass is 404 g/mol. The van der Waals surface area contributed by atoms with Crippen LogP contribution in [0.1, 0.15) is 30.9 Å². The van der Waals surface area contributed by atoms with Gasteiger partial charge in [-0.05, 0) is 55.8 Å². The summed E-state index contributed by atoms with van der Waals surface area (Å²) in [5.41, 5.74) is 1.19. The number of likely N-dealkylation sites (tertiary alicyclic amines) is 1. The minimum Gasteiger partial charge on any atom is -0.301 e. The van der Waals surface area contributed by atoms with Crippen molar-refractivity contribution < 1.29 is 4.57 Å². The molecule has 0 saturated carbocycles. The van der Waals surface area contributed by atoms with Crippen LogP contribution < -0.4 is 15.7 Å². The van der Waals surface area contributed by atoms with E-state index >= 15 is 0 Å². The van der Waals surface area contributed by atoms with Crippen LogP contribution in [0.5, 0.6) is 0 Å². The molecule has 0 radical (unpaired) electrons. The number of nitrogens with zero attached hydrogens (tertiary/aromatic N) is 1. The number of benzene rings is 3. The molecule has 1 saturated heterocycles. The summed E-state index contributed by atoms with van der Waals surface area (Å²) in [4.78, 5) is 2.51. The van der Waals surface area contributed by atoms with Crippen LogP contribution in [-0.4, -0.2) is 24.5 Å². The lowest BCUT2D eigenvalue weighted by Crippen LogP contribution is -2.39. The zero-order valence-electron chi connectivity index (χ0n) is 16.8. The Morgan fingerprint density at radius 2 is 1.21 bits per heavy atom. The molecule has 0 amide bonds. The third-order valence-corrected chi connectivity index (χ3v) is 8.39. The van der Waals surface area contributed by atoms with E-state index in [0.717, 1.165) is 30.2 Å². The lowest BCUT2D eigenvalue weighted by Gasteiger charge is -2.33. The molecule has 0 bridgehead atoms. The van der Waals surface area contributed by atoms with Crippen molar-refractivity contribution >= 4 is 17.9 Å². The maximum absolute atomic E-state index is 14.5. The summed E-state index contributed by atoms with van der Waals surface area (Å²) in [7, 11) is -2.99. The molecule has 3 nitrogen and oxygen atoms in total. The van der Waals surface area contributed by atoms with Gasteiger partial charge in [0.15, 0.2) is 0 Å². The Morgan fingerprint density at radius 3 is 1.72 bits per heavy atom. The summed E-state index contributed by atoms with van der Waals surface area (Å²) >= 11 is 0. The van der Waals surface area contributed by atoms with E-state index in [-0.39, 0.29) is 6.04 Å². The minimum absolute atomic E-state index is 0.000505. The zero-order chi connectivity index (χ0) is 19.9. The van der Waals surface area contributed by atoms with Gasteiger partial charge in [-0.1, -0.05) is 73.2 Å². The molecule has 1 atom stereocenters. The molecule has 0 unspecified atom stereocenters. The van der Waals surface area contributed by atoms with E-state index in [1.54, 1.807) is 0 Å². The van der Waals surface area contributed by atoms with Crippen LogP contribution in [0, 0.1) is 0 Å². The molecule has 0 aliphatic carbocycles. The standard InChI is InChI=1S/C25H29N2OP/c28-29(23-15-7-2-8-16-23,24-17-9-3-10-18-24)26-25(22-13-5-1-6-14-22)21-27-19-11-4-12-20-27/h1-3,5-10,13-18,25H,4,11-12,19-21H2,(H,26,28)/t25-/m1/s1. The van der Waals surface area contributed by atoms with E-state index in [4.69, 9.17) is 0 Å². The molecule has 1 heterocycles. The Hall–Kier alpha value is -2.19. The van der Waals surface area contributed by atoms with Gasteiger partial charge in [0.2, 0.25) is 7.29 Å². The van der Waals surface area contributed by atoms with Crippen molar-refractivity contribution in [3.63, 3.8) is 0 Å². The average Bonchev–Trinajstić information content (AvgIpc) is 2.81. The Kier molecular flexibility index (Phi) is 6.61. The maximum atomic E-state index is 14.5. The summed E-state index contributed by atoms with van der Waals surface area (Å²) in [6, 6.07) is 30.2. The van der Waals surface area contributed by atoms with Gasteiger partial charge >= 0.3 is 0 Å². The molecule has 150 valence electrons. The SMILES string of the molecule is O=P(N[C@H](CN1CCCCC1)c1ccccc1)(c1ccccc1)c1ccccc1. The minimum atomic E-state index is -2.99. The molecule has 3 aromatic carbocycles. The van der Waals surface area contributed by atoms with Crippen LogP contribution in [0.25, 0.3) is 0 Å². The van der Waals surface area contributed by atoms with E-state index in [9.17, 15) is 4.57 Å². The van der Waals surface area contributed by atoms with Crippen LogP contribution in [0.3, 0.4) is 0 Å². The summed E-state index contributed by atoms with van der Waals surface area (Å²) in [5, 5.41) is 5.35. The average molecular weight is 404 g/mol.